The van der Waals surface area contributed by atoms with Crippen molar-refractivity contribution >= 4 is 5.69 Å². The van der Waals surface area contributed by atoms with Gasteiger partial charge in [0.2, 0.25) is 0 Å². The van der Waals surface area contributed by atoms with Gasteiger partial charge in [-0.05, 0) is 54.7 Å². The molecule has 0 atom stereocenters. The van der Waals surface area contributed by atoms with Crippen molar-refractivity contribution in [3.8, 4) is 5.75 Å². The topological polar surface area (TPSA) is 12.5 Å². The molecule has 2 fully saturated rings. The van der Waals surface area contributed by atoms with Crippen molar-refractivity contribution in [2.24, 2.45) is 5.92 Å². The molecule has 1 saturated heterocycles. The van der Waals surface area contributed by atoms with E-state index in [9.17, 15) is 0 Å². The maximum atomic E-state index is 5.78. The summed E-state index contributed by atoms with van der Waals surface area (Å²) in [7, 11) is 0. The minimum atomic E-state index is 0.658. The van der Waals surface area contributed by atoms with Crippen LogP contribution in [0.5, 0.6) is 5.75 Å². The van der Waals surface area contributed by atoms with Gasteiger partial charge in [-0.1, -0.05) is 24.3 Å². The van der Waals surface area contributed by atoms with Gasteiger partial charge in [0, 0.05) is 24.7 Å². The van der Waals surface area contributed by atoms with Gasteiger partial charge in [0.1, 0.15) is 5.75 Å². The van der Waals surface area contributed by atoms with Crippen LogP contribution in [-0.4, -0.2) is 19.7 Å². The van der Waals surface area contributed by atoms with Gasteiger partial charge < -0.3 is 9.64 Å². The Morgan fingerprint density at radius 1 is 1.00 bits per heavy atom. The molecule has 4 rings (SSSR count). The lowest BCUT2D eigenvalue weighted by Gasteiger charge is -2.41. The maximum Gasteiger partial charge on any atom is 0.119 e. The molecule has 21 heavy (non-hydrogen) atoms. The van der Waals surface area contributed by atoms with E-state index in [-0.39, 0.29) is 0 Å². The molecule has 0 bridgehead atoms. The van der Waals surface area contributed by atoms with E-state index in [0.29, 0.717) is 5.92 Å². The molecule has 0 spiro atoms. The van der Waals surface area contributed by atoms with Crippen LogP contribution in [0.25, 0.3) is 0 Å². The molecule has 107 valence electrons. The van der Waals surface area contributed by atoms with Gasteiger partial charge in [-0.25, -0.2) is 0 Å². The average Bonchev–Trinajstić information content (AvgIpc) is 3.30. The first-order valence-corrected chi connectivity index (χ1v) is 7.82. The molecule has 1 saturated carbocycles. The SMILES string of the molecule is [c]1ccc(C2CN(c3ccc(OCC4CC4)cc3)C2)cc1. The van der Waals surface area contributed by atoms with Crippen molar-refractivity contribution in [1.82, 2.24) is 0 Å². The van der Waals surface area contributed by atoms with Crippen LogP contribution in [0.2, 0.25) is 0 Å². The fraction of sp³-hybridized carbons (Fsp3) is 0.368. The average molecular weight is 278 g/mol. The van der Waals surface area contributed by atoms with Gasteiger partial charge in [0.25, 0.3) is 0 Å². The summed E-state index contributed by atoms with van der Waals surface area (Å²) >= 11 is 0. The number of hydrogen-bond donors (Lipinski definition) is 0. The summed E-state index contributed by atoms with van der Waals surface area (Å²) in [5.74, 6) is 2.47. The van der Waals surface area contributed by atoms with E-state index in [1.165, 1.54) is 24.1 Å². The Morgan fingerprint density at radius 2 is 1.71 bits per heavy atom. The van der Waals surface area contributed by atoms with E-state index >= 15 is 0 Å². The predicted octanol–water partition coefficient (Wildman–Crippen LogP) is 3.88. The summed E-state index contributed by atoms with van der Waals surface area (Å²) < 4.78 is 5.78. The van der Waals surface area contributed by atoms with Gasteiger partial charge in [0.15, 0.2) is 0 Å². The lowest BCUT2D eigenvalue weighted by molar-refractivity contribution is 0.300. The molecular weight excluding hydrogens is 258 g/mol. The second-order valence-electron chi connectivity index (χ2n) is 6.18. The molecule has 2 aromatic carbocycles. The standard InChI is InChI=1S/C19H20NO/c1-2-4-16(5-3-1)17-12-20(13-17)18-8-10-19(11-9-18)21-14-15-6-7-15/h2-5,8-11,15,17H,6-7,12-14H2. The Bertz CT molecular complexity index is 583. The highest BCUT2D eigenvalue weighted by molar-refractivity contribution is 5.52. The lowest BCUT2D eigenvalue weighted by Crippen LogP contribution is -2.44. The molecule has 2 heteroatoms. The molecule has 1 aliphatic heterocycles. The van der Waals surface area contributed by atoms with Gasteiger partial charge in [-0.15, -0.1) is 0 Å². The van der Waals surface area contributed by atoms with Crippen molar-refractivity contribution in [2.45, 2.75) is 18.8 Å². The largest absolute Gasteiger partial charge is 0.493 e. The van der Waals surface area contributed by atoms with Crippen LogP contribution >= 0.6 is 0 Å². The molecule has 1 aliphatic carbocycles. The van der Waals surface area contributed by atoms with E-state index in [2.05, 4.69) is 47.4 Å². The van der Waals surface area contributed by atoms with Gasteiger partial charge in [-0.3, -0.25) is 0 Å². The van der Waals surface area contributed by atoms with E-state index in [1.807, 2.05) is 12.1 Å². The van der Waals surface area contributed by atoms with E-state index in [1.54, 1.807) is 0 Å². The summed E-state index contributed by atoms with van der Waals surface area (Å²) in [5.41, 5.74) is 2.72. The number of anilines is 1. The highest BCUT2D eigenvalue weighted by Gasteiger charge is 2.28. The second-order valence-corrected chi connectivity index (χ2v) is 6.18. The van der Waals surface area contributed by atoms with Gasteiger partial charge in [-0.2, -0.15) is 0 Å². The highest BCUT2D eigenvalue weighted by atomic mass is 16.5. The Balaban J connectivity index is 1.33. The molecule has 0 N–H and O–H groups in total. The Hall–Kier alpha value is -1.96. The molecule has 0 amide bonds. The zero-order chi connectivity index (χ0) is 14.1. The fourth-order valence-electron chi connectivity index (χ4n) is 2.82. The molecule has 1 radical (unpaired) electrons. The maximum absolute atomic E-state index is 5.78. The Labute approximate surface area is 126 Å². The monoisotopic (exact) mass is 278 g/mol. The number of hydrogen-bond acceptors (Lipinski definition) is 2. The first-order valence-electron chi connectivity index (χ1n) is 7.82. The molecule has 2 aromatic rings. The van der Waals surface area contributed by atoms with Gasteiger partial charge >= 0.3 is 0 Å². The fourth-order valence-corrected chi connectivity index (χ4v) is 2.82. The minimum absolute atomic E-state index is 0.658. The summed E-state index contributed by atoms with van der Waals surface area (Å²) in [6.07, 6.45) is 2.68. The van der Waals surface area contributed by atoms with Crippen LogP contribution in [0.4, 0.5) is 5.69 Å². The van der Waals surface area contributed by atoms with Crippen LogP contribution in [-0.2, 0) is 0 Å². The van der Waals surface area contributed by atoms with E-state index < -0.39 is 0 Å². The third kappa shape index (κ3) is 2.90. The van der Waals surface area contributed by atoms with Crippen molar-refractivity contribution in [3.05, 3.63) is 60.2 Å². The van der Waals surface area contributed by atoms with Crippen LogP contribution < -0.4 is 9.64 Å². The van der Waals surface area contributed by atoms with E-state index in [0.717, 1.165) is 31.4 Å². The number of nitrogens with zero attached hydrogens (tertiary/aromatic N) is 1. The molecule has 0 aromatic heterocycles. The molecule has 0 unspecified atom stereocenters. The highest BCUT2D eigenvalue weighted by Crippen LogP contribution is 2.33. The van der Waals surface area contributed by atoms with E-state index in [4.69, 9.17) is 4.74 Å². The number of rotatable bonds is 5. The van der Waals surface area contributed by atoms with Crippen molar-refractivity contribution < 1.29 is 4.74 Å². The van der Waals surface area contributed by atoms with Crippen molar-refractivity contribution in [3.63, 3.8) is 0 Å². The molecular formula is C19H20NO. The third-order valence-electron chi connectivity index (χ3n) is 4.48. The predicted molar refractivity (Wildman–Crippen MR) is 84.9 cm³/mol. The summed E-state index contributed by atoms with van der Waals surface area (Å²) in [5, 5.41) is 0. The molecule has 1 heterocycles. The van der Waals surface area contributed by atoms with Crippen LogP contribution in [0.1, 0.15) is 24.3 Å². The second kappa shape index (κ2) is 5.44. The summed E-state index contributed by atoms with van der Waals surface area (Å²) in [4.78, 5) is 2.42. The van der Waals surface area contributed by atoms with Crippen LogP contribution in [0.3, 0.4) is 0 Å². The van der Waals surface area contributed by atoms with Crippen LogP contribution in [0.15, 0.2) is 48.5 Å². The lowest BCUT2D eigenvalue weighted by atomic mass is 9.91. The smallest absolute Gasteiger partial charge is 0.119 e. The molecule has 2 nitrogen and oxygen atoms in total. The number of benzene rings is 2. The van der Waals surface area contributed by atoms with Crippen molar-refractivity contribution in [2.75, 3.05) is 24.6 Å². The zero-order valence-corrected chi connectivity index (χ0v) is 12.2. The normalized spacial score (nSPS) is 18.4. The third-order valence-corrected chi connectivity index (χ3v) is 4.48. The summed E-state index contributed by atoms with van der Waals surface area (Å²) in [6, 6.07) is 20.0. The minimum Gasteiger partial charge on any atom is -0.493 e. The Morgan fingerprint density at radius 3 is 2.38 bits per heavy atom. The Kier molecular flexibility index (Phi) is 3.30. The van der Waals surface area contributed by atoms with Crippen molar-refractivity contribution in [1.29, 1.82) is 0 Å². The van der Waals surface area contributed by atoms with Gasteiger partial charge in [0.05, 0.1) is 6.61 Å². The first-order chi connectivity index (χ1) is 10.4. The number of ether oxygens (including phenoxy) is 1. The van der Waals surface area contributed by atoms with Crippen LogP contribution in [0, 0.1) is 12.0 Å². The first kappa shape index (κ1) is 12.8. The zero-order valence-electron chi connectivity index (χ0n) is 12.2. The summed E-state index contributed by atoms with van der Waals surface area (Å²) in [6.45, 7) is 3.09. The molecule has 2 aliphatic rings. The quantitative estimate of drug-likeness (QED) is 0.823.